The monoisotopic (exact) mass is 466 g/mol. The maximum atomic E-state index is 13.4. The Morgan fingerprint density at radius 2 is 2.06 bits per heavy atom. The van der Waals surface area contributed by atoms with Gasteiger partial charge in [-0.15, -0.1) is 0 Å². The number of anilines is 1. The summed E-state index contributed by atoms with van der Waals surface area (Å²) in [6, 6.07) is 4.02. The van der Waals surface area contributed by atoms with Gasteiger partial charge >= 0.3 is 12.1 Å². The number of ether oxygens (including phenoxy) is 2. The van der Waals surface area contributed by atoms with Crippen LogP contribution >= 0.6 is 0 Å². The normalized spacial score (nSPS) is 12.8. The van der Waals surface area contributed by atoms with Gasteiger partial charge in [0.2, 0.25) is 0 Å². The zero-order valence-electron chi connectivity index (χ0n) is 17.3. The number of carbonyl (C=O) groups excluding carboxylic acids is 2. The lowest BCUT2D eigenvalue weighted by atomic mass is 10.0. The second kappa shape index (κ2) is 10.1. The van der Waals surface area contributed by atoms with Gasteiger partial charge in [-0.05, 0) is 24.3 Å². The van der Waals surface area contributed by atoms with Gasteiger partial charge in [-0.25, -0.2) is 9.18 Å². The molecule has 1 amide bonds. The molecule has 0 aliphatic heterocycles. The molecule has 12 heteroatoms. The number of nitriles is 1. The van der Waals surface area contributed by atoms with E-state index in [1.165, 1.54) is 6.07 Å². The maximum Gasteiger partial charge on any atom is 0.417 e. The summed E-state index contributed by atoms with van der Waals surface area (Å²) in [5.74, 6) is -2.53. The highest BCUT2D eigenvalue weighted by atomic mass is 19.4. The Bertz CT molecular complexity index is 1120. The lowest BCUT2D eigenvalue weighted by Crippen LogP contribution is -2.48. The minimum atomic E-state index is -4.84. The van der Waals surface area contributed by atoms with Crippen molar-refractivity contribution < 1.29 is 36.6 Å². The second-order valence-electron chi connectivity index (χ2n) is 6.66. The Morgan fingerprint density at radius 1 is 1.36 bits per heavy atom. The molecule has 0 saturated heterocycles. The molecular formula is C21H18F4N4O4. The van der Waals surface area contributed by atoms with Crippen LogP contribution in [0, 0.1) is 17.1 Å². The Hall–Kier alpha value is -3.98. The third-order valence-corrected chi connectivity index (χ3v) is 4.39. The Balaban J connectivity index is 2.40. The molecule has 174 valence electrons. The molecule has 0 fully saturated rings. The van der Waals surface area contributed by atoms with Crippen LogP contribution in [-0.4, -0.2) is 41.0 Å². The van der Waals surface area contributed by atoms with E-state index in [1.54, 1.807) is 0 Å². The number of nitrogens with one attached hydrogen (secondary N) is 1. The molecule has 1 N–H and O–H groups in total. The quantitative estimate of drug-likeness (QED) is 0.263. The number of esters is 1. The molecule has 0 spiro atoms. The summed E-state index contributed by atoms with van der Waals surface area (Å²) >= 11 is 0. The van der Waals surface area contributed by atoms with Crippen molar-refractivity contribution in [2.75, 3.05) is 19.0 Å². The molecule has 0 bridgehead atoms. The molecule has 0 unspecified atom stereocenters. The molecule has 1 heterocycles. The number of methoxy groups -OCH3 is 1. The highest BCUT2D eigenvalue weighted by molar-refractivity contribution is 5.99. The molecule has 0 aliphatic carbocycles. The zero-order chi connectivity index (χ0) is 24.8. The van der Waals surface area contributed by atoms with Crippen LogP contribution in [0.5, 0.6) is 0 Å². The van der Waals surface area contributed by atoms with Crippen molar-refractivity contribution in [3.05, 3.63) is 72.3 Å². The first kappa shape index (κ1) is 25.3. The van der Waals surface area contributed by atoms with E-state index in [-0.39, 0.29) is 11.3 Å². The first-order chi connectivity index (χ1) is 15.5. The minimum Gasteiger partial charge on any atom is -0.466 e. The zero-order valence-corrected chi connectivity index (χ0v) is 17.3. The average Bonchev–Trinajstić information content (AvgIpc) is 3.19. The summed E-state index contributed by atoms with van der Waals surface area (Å²) < 4.78 is 64.2. The SMILES string of the molecule is C=C[C@@](Cn1cc(F)cn1)(OCC(=C)C(=O)OC)C(=O)Nc1ccc(C#N)c(C(F)(F)F)c1. The van der Waals surface area contributed by atoms with Crippen molar-refractivity contribution in [3.63, 3.8) is 0 Å². The molecule has 1 aromatic heterocycles. The van der Waals surface area contributed by atoms with Crippen LogP contribution in [-0.2, 0) is 31.8 Å². The summed E-state index contributed by atoms with van der Waals surface area (Å²) in [7, 11) is 1.11. The van der Waals surface area contributed by atoms with Crippen LogP contribution in [0.2, 0.25) is 0 Å². The van der Waals surface area contributed by atoms with Crippen LogP contribution in [0.1, 0.15) is 11.1 Å². The van der Waals surface area contributed by atoms with Crippen molar-refractivity contribution in [2.24, 2.45) is 0 Å². The fraction of sp³-hybridized carbons (Fsp3) is 0.238. The summed E-state index contributed by atoms with van der Waals surface area (Å²) in [5.41, 5.74) is -4.35. The van der Waals surface area contributed by atoms with Crippen molar-refractivity contribution in [1.29, 1.82) is 5.26 Å². The smallest absolute Gasteiger partial charge is 0.417 e. The van der Waals surface area contributed by atoms with E-state index in [2.05, 4.69) is 28.3 Å². The standard InChI is InChI=1S/C21H18F4N4O4/c1-4-20(12-29-10-15(22)9-27-29,33-11-13(2)18(30)32-3)19(31)28-16-6-5-14(8-26)17(7-16)21(23,24)25/h4-7,9-10H,1-2,11-12H2,3H3,(H,28,31)/t20-/m0/s1. The van der Waals surface area contributed by atoms with E-state index in [0.29, 0.717) is 6.07 Å². The Morgan fingerprint density at radius 3 is 2.58 bits per heavy atom. The Labute approximate surface area is 185 Å². The van der Waals surface area contributed by atoms with Crippen molar-refractivity contribution in [1.82, 2.24) is 9.78 Å². The third-order valence-electron chi connectivity index (χ3n) is 4.39. The summed E-state index contributed by atoms with van der Waals surface area (Å²) in [6.45, 7) is 6.05. The van der Waals surface area contributed by atoms with E-state index in [9.17, 15) is 27.2 Å². The van der Waals surface area contributed by atoms with Crippen LogP contribution in [0.4, 0.5) is 23.2 Å². The summed E-state index contributed by atoms with van der Waals surface area (Å²) in [5, 5.41) is 14.9. The molecule has 33 heavy (non-hydrogen) atoms. The van der Waals surface area contributed by atoms with Gasteiger partial charge in [0.05, 0.1) is 55.4 Å². The van der Waals surface area contributed by atoms with Gasteiger partial charge in [0.15, 0.2) is 11.4 Å². The molecule has 2 rings (SSSR count). The molecule has 0 aliphatic rings. The number of hydrogen-bond acceptors (Lipinski definition) is 6. The van der Waals surface area contributed by atoms with Crippen LogP contribution < -0.4 is 5.32 Å². The van der Waals surface area contributed by atoms with Crippen molar-refractivity contribution in [3.8, 4) is 6.07 Å². The van der Waals surface area contributed by atoms with Gasteiger partial charge in [-0.3, -0.25) is 9.48 Å². The number of alkyl halides is 3. The Kier molecular flexibility index (Phi) is 7.73. The molecule has 0 radical (unpaired) electrons. The molecule has 0 saturated carbocycles. The number of benzene rings is 1. The highest BCUT2D eigenvalue weighted by Gasteiger charge is 2.39. The van der Waals surface area contributed by atoms with E-state index >= 15 is 0 Å². The number of amides is 1. The summed E-state index contributed by atoms with van der Waals surface area (Å²) in [6.07, 6.45) is -1.99. The van der Waals surface area contributed by atoms with Gasteiger partial charge in [0.25, 0.3) is 5.91 Å². The van der Waals surface area contributed by atoms with Crippen LogP contribution in [0.3, 0.4) is 0 Å². The molecule has 1 atom stereocenters. The highest BCUT2D eigenvalue weighted by Crippen LogP contribution is 2.34. The number of carbonyl (C=O) groups is 2. The van der Waals surface area contributed by atoms with Crippen LogP contribution in [0.25, 0.3) is 0 Å². The van der Waals surface area contributed by atoms with E-state index in [1.807, 2.05) is 0 Å². The fourth-order valence-electron chi connectivity index (χ4n) is 2.67. The molecule has 1 aromatic carbocycles. The molecule has 2 aromatic rings. The predicted molar refractivity (Wildman–Crippen MR) is 107 cm³/mol. The predicted octanol–water partition coefficient (Wildman–Crippen LogP) is 3.22. The van der Waals surface area contributed by atoms with Gasteiger partial charge in [-0.1, -0.05) is 13.2 Å². The molecular weight excluding hydrogens is 448 g/mol. The number of hydrogen-bond donors (Lipinski definition) is 1. The maximum absolute atomic E-state index is 13.4. The number of nitrogens with zero attached hydrogens (tertiary/aromatic N) is 3. The second-order valence-corrected chi connectivity index (χ2v) is 6.66. The average molecular weight is 466 g/mol. The van der Waals surface area contributed by atoms with Gasteiger partial charge in [0.1, 0.15) is 0 Å². The largest absolute Gasteiger partial charge is 0.466 e. The van der Waals surface area contributed by atoms with E-state index in [0.717, 1.165) is 42.4 Å². The topological polar surface area (TPSA) is 106 Å². The van der Waals surface area contributed by atoms with Gasteiger partial charge in [0, 0.05) is 5.69 Å². The van der Waals surface area contributed by atoms with Crippen molar-refractivity contribution in [2.45, 2.75) is 18.3 Å². The third kappa shape index (κ3) is 6.05. The number of halogens is 4. The summed E-state index contributed by atoms with van der Waals surface area (Å²) in [4.78, 5) is 24.7. The fourth-order valence-corrected chi connectivity index (χ4v) is 2.67. The van der Waals surface area contributed by atoms with E-state index < -0.39 is 53.7 Å². The first-order valence-electron chi connectivity index (χ1n) is 9.10. The lowest BCUT2D eigenvalue weighted by Gasteiger charge is -2.29. The van der Waals surface area contributed by atoms with Crippen LogP contribution in [0.15, 0.2) is 55.4 Å². The molecule has 8 nitrogen and oxygen atoms in total. The van der Waals surface area contributed by atoms with Gasteiger partial charge < -0.3 is 14.8 Å². The first-order valence-corrected chi connectivity index (χ1v) is 9.10. The van der Waals surface area contributed by atoms with E-state index in [4.69, 9.17) is 10.00 Å². The number of rotatable bonds is 9. The van der Waals surface area contributed by atoms with Crippen molar-refractivity contribution >= 4 is 17.6 Å². The van der Waals surface area contributed by atoms with Gasteiger partial charge in [-0.2, -0.15) is 23.5 Å². The minimum absolute atomic E-state index is 0.166. The lowest BCUT2D eigenvalue weighted by molar-refractivity contribution is -0.141. The number of aromatic nitrogens is 2.